The molecule has 1 saturated carbocycles. The molecule has 21 heavy (non-hydrogen) atoms. The maximum Gasteiger partial charge on any atom is 0.228 e. The monoisotopic (exact) mass is 289 g/mol. The third kappa shape index (κ3) is 3.67. The Morgan fingerprint density at radius 1 is 1.43 bits per heavy atom. The fourth-order valence-electron chi connectivity index (χ4n) is 2.50. The molecule has 112 valence electrons. The second-order valence-electron chi connectivity index (χ2n) is 5.62. The van der Waals surface area contributed by atoms with Crippen LogP contribution < -0.4 is 5.32 Å². The molecule has 4 nitrogen and oxygen atoms in total. The molecule has 5 heteroatoms. The minimum atomic E-state index is -0.292. The third-order valence-corrected chi connectivity index (χ3v) is 3.79. The average Bonchev–Trinajstić information content (AvgIpc) is 3.22. The Bertz CT molecular complexity index is 595. The van der Waals surface area contributed by atoms with E-state index in [4.69, 9.17) is 4.52 Å². The van der Waals surface area contributed by atoms with Gasteiger partial charge in [0.05, 0.1) is 0 Å². The maximum absolute atomic E-state index is 13.2. The van der Waals surface area contributed by atoms with Crippen molar-refractivity contribution in [2.45, 2.75) is 38.6 Å². The lowest BCUT2D eigenvalue weighted by molar-refractivity contribution is 0.346. The maximum atomic E-state index is 13.2. The second-order valence-corrected chi connectivity index (χ2v) is 5.62. The highest BCUT2D eigenvalue weighted by Crippen LogP contribution is 2.34. The summed E-state index contributed by atoms with van der Waals surface area (Å²) in [6, 6.07) is 6.66. The summed E-state index contributed by atoms with van der Waals surface area (Å²) in [5, 5.41) is 7.51. The van der Waals surface area contributed by atoms with Crippen molar-refractivity contribution >= 4 is 0 Å². The number of benzene rings is 1. The Kier molecular flexibility index (Phi) is 4.29. The van der Waals surface area contributed by atoms with E-state index >= 15 is 0 Å². The van der Waals surface area contributed by atoms with Gasteiger partial charge in [-0.3, -0.25) is 0 Å². The Morgan fingerprint density at radius 3 is 3.00 bits per heavy atom. The molecule has 0 spiro atoms. The van der Waals surface area contributed by atoms with E-state index in [0.717, 1.165) is 25.3 Å². The van der Waals surface area contributed by atoms with Gasteiger partial charge in [-0.25, -0.2) is 4.39 Å². The molecule has 1 fully saturated rings. The molecule has 1 aliphatic carbocycles. The minimum Gasteiger partial charge on any atom is -0.339 e. The lowest BCUT2D eigenvalue weighted by atomic mass is 10.1. The molecule has 0 amide bonds. The number of nitrogens with zero attached hydrogens (tertiary/aromatic N) is 2. The van der Waals surface area contributed by atoms with Crippen LogP contribution in [0.3, 0.4) is 0 Å². The van der Waals surface area contributed by atoms with Crippen LogP contribution in [0.4, 0.5) is 4.39 Å². The van der Waals surface area contributed by atoms with Crippen LogP contribution in [0.15, 0.2) is 28.8 Å². The lowest BCUT2D eigenvalue weighted by Crippen LogP contribution is -2.33. The van der Waals surface area contributed by atoms with E-state index in [2.05, 4.69) is 22.4 Å². The number of rotatable bonds is 7. The number of hydrogen-bond donors (Lipinski definition) is 1. The van der Waals surface area contributed by atoms with Gasteiger partial charge in [0.15, 0.2) is 0 Å². The first-order chi connectivity index (χ1) is 10.3. The second kappa shape index (κ2) is 6.35. The van der Waals surface area contributed by atoms with E-state index in [0.29, 0.717) is 23.3 Å². The van der Waals surface area contributed by atoms with Crippen molar-refractivity contribution in [1.29, 1.82) is 0 Å². The predicted octanol–water partition coefficient (Wildman–Crippen LogP) is 3.20. The van der Waals surface area contributed by atoms with E-state index in [1.807, 2.05) is 0 Å². The van der Waals surface area contributed by atoms with Gasteiger partial charge in [0.1, 0.15) is 5.82 Å². The first-order valence-electron chi connectivity index (χ1n) is 7.58. The van der Waals surface area contributed by atoms with Gasteiger partial charge < -0.3 is 9.84 Å². The van der Waals surface area contributed by atoms with Gasteiger partial charge in [0, 0.05) is 18.0 Å². The van der Waals surface area contributed by atoms with Crippen LogP contribution in [-0.2, 0) is 6.42 Å². The molecule has 1 N–H and O–H groups in total. The molecule has 1 aromatic carbocycles. The predicted molar refractivity (Wildman–Crippen MR) is 78.2 cm³/mol. The molecule has 2 aromatic rings. The van der Waals surface area contributed by atoms with E-state index < -0.39 is 0 Å². The zero-order valence-corrected chi connectivity index (χ0v) is 12.2. The van der Waals surface area contributed by atoms with Crippen molar-refractivity contribution in [2.24, 2.45) is 5.92 Å². The van der Waals surface area contributed by atoms with E-state index in [9.17, 15) is 4.39 Å². The molecule has 1 aliphatic rings. The molecular formula is C16H20FN3O. The fourth-order valence-corrected chi connectivity index (χ4v) is 2.50. The summed E-state index contributed by atoms with van der Waals surface area (Å²) in [5.74, 6) is 1.50. The zero-order chi connectivity index (χ0) is 14.7. The molecule has 1 unspecified atom stereocenters. The van der Waals surface area contributed by atoms with Crippen molar-refractivity contribution in [1.82, 2.24) is 15.5 Å². The Morgan fingerprint density at radius 2 is 2.29 bits per heavy atom. The first-order valence-corrected chi connectivity index (χ1v) is 7.58. The topological polar surface area (TPSA) is 51.0 Å². The standard InChI is InChI=1S/C16H20FN3O/c1-2-8-18-14(11-6-7-11)10-15-19-16(20-21-15)12-4-3-5-13(17)9-12/h3-5,9,11,14,18H,2,6-8,10H2,1H3. The summed E-state index contributed by atoms with van der Waals surface area (Å²) >= 11 is 0. The van der Waals surface area contributed by atoms with Crippen molar-refractivity contribution in [2.75, 3.05) is 6.54 Å². The molecule has 0 bridgehead atoms. The molecule has 1 atom stereocenters. The van der Waals surface area contributed by atoms with E-state index in [-0.39, 0.29) is 5.82 Å². The highest BCUT2D eigenvalue weighted by Gasteiger charge is 2.32. The lowest BCUT2D eigenvalue weighted by Gasteiger charge is -2.15. The van der Waals surface area contributed by atoms with Crippen LogP contribution in [0.25, 0.3) is 11.4 Å². The van der Waals surface area contributed by atoms with Crippen LogP contribution in [0.1, 0.15) is 32.1 Å². The Hall–Kier alpha value is -1.75. The summed E-state index contributed by atoms with van der Waals surface area (Å²) in [6.45, 7) is 3.16. The summed E-state index contributed by atoms with van der Waals surface area (Å²) < 4.78 is 18.6. The Labute approximate surface area is 123 Å². The molecular weight excluding hydrogens is 269 g/mol. The third-order valence-electron chi connectivity index (χ3n) is 3.79. The molecule has 0 radical (unpaired) electrons. The van der Waals surface area contributed by atoms with Gasteiger partial charge in [-0.05, 0) is 43.9 Å². The summed E-state index contributed by atoms with van der Waals surface area (Å²) in [5.41, 5.74) is 0.648. The van der Waals surface area contributed by atoms with E-state index in [1.165, 1.54) is 25.0 Å². The van der Waals surface area contributed by atoms with Gasteiger partial charge in [-0.1, -0.05) is 24.2 Å². The van der Waals surface area contributed by atoms with Gasteiger partial charge in [-0.2, -0.15) is 4.98 Å². The highest BCUT2D eigenvalue weighted by atomic mass is 19.1. The minimum absolute atomic E-state index is 0.292. The van der Waals surface area contributed by atoms with Crippen LogP contribution in [0, 0.1) is 11.7 Å². The van der Waals surface area contributed by atoms with Crippen LogP contribution in [-0.4, -0.2) is 22.7 Å². The van der Waals surface area contributed by atoms with Crippen LogP contribution >= 0.6 is 0 Å². The van der Waals surface area contributed by atoms with Gasteiger partial charge in [0.25, 0.3) is 0 Å². The zero-order valence-electron chi connectivity index (χ0n) is 12.2. The first kappa shape index (κ1) is 14.2. The van der Waals surface area contributed by atoms with Crippen molar-refractivity contribution in [3.8, 4) is 11.4 Å². The summed E-state index contributed by atoms with van der Waals surface area (Å²) in [7, 11) is 0. The molecule has 0 aliphatic heterocycles. The number of aromatic nitrogens is 2. The normalized spacial score (nSPS) is 16.1. The Balaban J connectivity index is 1.69. The highest BCUT2D eigenvalue weighted by molar-refractivity contribution is 5.53. The number of halogens is 1. The van der Waals surface area contributed by atoms with E-state index in [1.54, 1.807) is 12.1 Å². The fraction of sp³-hybridized carbons (Fsp3) is 0.500. The molecule has 3 rings (SSSR count). The smallest absolute Gasteiger partial charge is 0.228 e. The number of nitrogens with one attached hydrogen (secondary N) is 1. The average molecular weight is 289 g/mol. The van der Waals surface area contributed by atoms with Crippen molar-refractivity contribution in [3.63, 3.8) is 0 Å². The van der Waals surface area contributed by atoms with Gasteiger partial charge in [-0.15, -0.1) is 0 Å². The summed E-state index contributed by atoms with van der Waals surface area (Å²) in [6.07, 6.45) is 4.40. The quantitative estimate of drug-likeness (QED) is 0.850. The van der Waals surface area contributed by atoms with Gasteiger partial charge >= 0.3 is 0 Å². The van der Waals surface area contributed by atoms with Crippen molar-refractivity contribution in [3.05, 3.63) is 36.0 Å². The largest absolute Gasteiger partial charge is 0.339 e. The summed E-state index contributed by atoms with van der Waals surface area (Å²) in [4.78, 5) is 4.40. The molecule has 1 heterocycles. The molecule has 0 saturated heterocycles. The molecule has 1 aromatic heterocycles. The number of hydrogen-bond acceptors (Lipinski definition) is 4. The van der Waals surface area contributed by atoms with Crippen molar-refractivity contribution < 1.29 is 8.91 Å². The van der Waals surface area contributed by atoms with Gasteiger partial charge in [0.2, 0.25) is 11.7 Å². The van der Waals surface area contributed by atoms with Crippen LogP contribution in [0.5, 0.6) is 0 Å². The van der Waals surface area contributed by atoms with Crippen LogP contribution in [0.2, 0.25) is 0 Å². The SMILES string of the molecule is CCCNC(Cc1nc(-c2cccc(F)c2)no1)C1CC1.